The first kappa shape index (κ1) is 12.2. The SMILES string of the molecule is C=C(C)C(=O)OCC(=O)OCCC#N. The van der Waals surface area contributed by atoms with Crippen molar-refractivity contribution in [2.75, 3.05) is 13.2 Å². The molecule has 14 heavy (non-hydrogen) atoms. The molecule has 0 unspecified atom stereocenters. The van der Waals surface area contributed by atoms with Crippen LogP contribution in [0.2, 0.25) is 0 Å². The second kappa shape index (κ2) is 6.66. The smallest absolute Gasteiger partial charge is 0.344 e. The highest BCUT2D eigenvalue weighted by molar-refractivity contribution is 5.88. The van der Waals surface area contributed by atoms with E-state index in [1.807, 2.05) is 6.07 Å². The fraction of sp³-hybridized carbons (Fsp3) is 0.444. The molecule has 0 N–H and O–H groups in total. The lowest BCUT2D eigenvalue weighted by Crippen LogP contribution is -2.17. The molecule has 0 bridgehead atoms. The van der Waals surface area contributed by atoms with Gasteiger partial charge in [-0.05, 0) is 6.92 Å². The largest absolute Gasteiger partial charge is 0.462 e. The van der Waals surface area contributed by atoms with Crippen LogP contribution in [0.5, 0.6) is 0 Å². The highest BCUT2D eigenvalue weighted by atomic mass is 16.6. The van der Waals surface area contributed by atoms with Crippen molar-refractivity contribution in [1.29, 1.82) is 5.26 Å². The molecule has 0 saturated carbocycles. The van der Waals surface area contributed by atoms with Crippen molar-refractivity contribution in [3.05, 3.63) is 12.2 Å². The number of nitriles is 1. The van der Waals surface area contributed by atoms with Crippen LogP contribution in [0.4, 0.5) is 0 Å². The highest BCUT2D eigenvalue weighted by Crippen LogP contribution is 1.92. The summed E-state index contributed by atoms with van der Waals surface area (Å²) in [7, 11) is 0. The minimum Gasteiger partial charge on any atom is -0.462 e. The van der Waals surface area contributed by atoms with Crippen molar-refractivity contribution in [1.82, 2.24) is 0 Å². The van der Waals surface area contributed by atoms with Crippen LogP contribution in [-0.4, -0.2) is 25.2 Å². The summed E-state index contributed by atoms with van der Waals surface area (Å²) < 4.78 is 9.04. The van der Waals surface area contributed by atoms with Crippen LogP contribution < -0.4 is 0 Å². The monoisotopic (exact) mass is 197 g/mol. The topological polar surface area (TPSA) is 76.4 Å². The van der Waals surface area contributed by atoms with Gasteiger partial charge in [0.2, 0.25) is 0 Å². The summed E-state index contributed by atoms with van der Waals surface area (Å²) in [6, 6.07) is 1.81. The van der Waals surface area contributed by atoms with Gasteiger partial charge in [-0.2, -0.15) is 5.26 Å². The van der Waals surface area contributed by atoms with E-state index < -0.39 is 18.5 Å². The van der Waals surface area contributed by atoms with Gasteiger partial charge in [0, 0.05) is 5.57 Å². The van der Waals surface area contributed by atoms with Gasteiger partial charge >= 0.3 is 11.9 Å². The zero-order valence-corrected chi connectivity index (χ0v) is 7.91. The molecule has 0 atom stereocenters. The summed E-state index contributed by atoms with van der Waals surface area (Å²) in [5.41, 5.74) is 0.217. The molecule has 0 aromatic rings. The minimum atomic E-state index is -0.671. The van der Waals surface area contributed by atoms with Gasteiger partial charge in [0.1, 0.15) is 6.61 Å². The third kappa shape index (κ3) is 5.77. The quantitative estimate of drug-likeness (QED) is 0.365. The van der Waals surface area contributed by atoms with E-state index in [0.717, 1.165) is 0 Å². The summed E-state index contributed by atoms with van der Waals surface area (Å²) in [6.07, 6.45) is 0.125. The van der Waals surface area contributed by atoms with Crippen molar-refractivity contribution < 1.29 is 19.1 Å². The maximum absolute atomic E-state index is 10.8. The zero-order valence-electron chi connectivity index (χ0n) is 7.91. The Morgan fingerprint density at radius 1 is 1.43 bits per heavy atom. The Hall–Kier alpha value is -1.83. The molecule has 0 amide bonds. The van der Waals surface area contributed by atoms with Crippen LogP contribution in [0.25, 0.3) is 0 Å². The average molecular weight is 197 g/mol. The van der Waals surface area contributed by atoms with Crippen molar-refractivity contribution in [3.63, 3.8) is 0 Å². The lowest BCUT2D eigenvalue weighted by atomic mass is 10.4. The maximum atomic E-state index is 10.8. The van der Waals surface area contributed by atoms with E-state index in [4.69, 9.17) is 5.26 Å². The summed E-state index contributed by atoms with van der Waals surface area (Å²) in [4.78, 5) is 21.6. The van der Waals surface area contributed by atoms with E-state index in [-0.39, 0.29) is 18.6 Å². The number of hydrogen-bond acceptors (Lipinski definition) is 5. The normalized spacial score (nSPS) is 8.57. The number of esters is 2. The first-order chi connectivity index (χ1) is 6.57. The molecule has 0 aromatic heterocycles. The minimum absolute atomic E-state index is 0.0138. The Morgan fingerprint density at radius 3 is 2.57 bits per heavy atom. The van der Waals surface area contributed by atoms with Crippen LogP contribution in [0.15, 0.2) is 12.2 Å². The van der Waals surface area contributed by atoms with E-state index in [9.17, 15) is 9.59 Å². The molecule has 0 saturated heterocycles. The molecular formula is C9H11NO4. The molecule has 5 heteroatoms. The van der Waals surface area contributed by atoms with Gasteiger partial charge in [0.25, 0.3) is 0 Å². The van der Waals surface area contributed by atoms with Crippen molar-refractivity contribution in [2.24, 2.45) is 0 Å². The molecule has 0 heterocycles. The van der Waals surface area contributed by atoms with Crippen molar-refractivity contribution in [3.8, 4) is 6.07 Å². The molecule has 0 fully saturated rings. The maximum Gasteiger partial charge on any atom is 0.344 e. The average Bonchev–Trinajstić information content (AvgIpc) is 2.14. The number of carbonyl (C=O) groups excluding carboxylic acids is 2. The summed E-state index contributed by atoms with van der Waals surface area (Å²) in [6.45, 7) is 4.38. The van der Waals surface area contributed by atoms with Gasteiger partial charge in [-0.1, -0.05) is 6.58 Å². The zero-order chi connectivity index (χ0) is 11.0. The summed E-state index contributed by atoms with van der Waals surface area (Å²) >= 11 is 0. The predicted molar refractivity (Wildman–Crippen MR) is 47.0 cm³/mol. The van der Waals surface area contributed by atoms with Crippen LogP contribution in [0.1, 0.15) is 13.3 Å². The lowest BCUT2D eigenvalue weighted by molar-refractivity contribution is -0.156. The lowest BCUT2D eigenvalue weighted by Gasteiger charge is -2.03. The fourth-order valence-electron chi connectivity index (χ4n) is 0.500. The Bertz CT molecular complexity index is 277. The number of ether oxygens (including phenoxy) is 2. The number of nitrogens with zero attached hydrogens (tertiary/aromatic N) is 1. The fourth-order valence-corrected chi connectivity index (χ4v) is 0.500. The van der Waals surface area contributed by atoms with E-state index >= 15 is 0 Å². The number of rotatable bonds is 5. The third-order valence-corrected chi connectivity index (χ3v) is 1.15. The van der Waals surface area contributed by atoms with E-state index in [1.54, 1.807) is 0 Å². The molecule has 0 aliphatic heterocycles. The van der Waals surface area contributed by atoms with Crippen molar-refractivity contribution >= 4 is 11.9 Å². The standard InChI is InChI=1S/C9H11NO4/c1-7(2)9(12)14-6-8(11)13-5-3-4-10/h1,3,5-6H2,2H3. The van der Waals surface area contributed by atoms with E-state index in [1.165, 1.54) is 6.92 Å². The van der Waals surface area contributed by atoms with Gasteiger partial charge in [-0.15, -0.1) is 0 Å². The van der Waals surface area contributed by atoms with Gasteiger partial charge in [-0.3, -0.25) is 0 Å². The molecule has 0 radical (unpaired) electrons. The van der Waals surface area contributed by atoms with Crippen LogP contribution in [0.3, 0.4) is 0 Å². The number of hydrogen-bond donors (Lipinski definition) is 0. The Labute approximate surface area is 81.9 Å². The van der Waals surface area contributed by atoms with Crippen molar-refractivity contribution in [2.45, 2.75) is 13.3 Å². The number of carbonyl (C=O) groups is 2. The van der Waals surface area contributed by atoms with E-state index in [2.05, 4.69) is 16.1 Å². The molecule has 0 aliphatic carbocycles. The Balaban J connectivity index is 3.60. The molecular weight excluding hydrogens is 186 g/mol. The van der Waals surface area contributed by atoms with Crippen LogP contribution in [0, 0.1) is 11.3 Å². The van der Waals surface area contributed by atoms with Crippen LogP contribution >= 0.6 is 0 Å². The van der Waals surface area contributed by atoms with Crippen LogP contribution in [-0.2, 0) is 19.1 Å². The molecule has 76 valence electrons. The summed E-state index contributed by atoms with van der Waals surface area (Å²) in [5, 5.41) is 8.13. The van der Waals surface area contributed by atoms with Gasteiger partial charge in [-0.25, -0.2) is 9.59 Å². The second-order valence-corrected chi connectivity index (χ2v) is 2.49. The first-order valence-electron chi connectivity index (χ1n) is 3.93. The predicted octanol–water partition coefficient (Wildman–Crippen LogP) is 0.563. The second-order valence-electron chi connectivity index (χ2n) is 2.49. The van der Waals surface area contributed by atoms with E-state index in [0.29, 0.717) is 0 Å². The first-order valence-corrected chi connectivity index (χ1v) is 3.93. The molecule has 0 rings (SSSR count). The highest BCUT2D eigenvalue weighted by Gasteiger charge is 2.08. The Kier molecular flexibility index (Phi) is 5.79. The molecule has 0 aromatic carbocycles. The Morgan fingerprint density at radius 2 is 2.07 bits per heavy atom. The molecule has 0 aliphatic rings. The summed E-state index contributed by atoms with van der Waals surface area (Å²) in [5.74, 6) is -1.31. The third-order valence-electron chi connectivity index (χ3n) is 1.15. The van der Waals surface area contributed by atoms with Gasteiger partial charge < -0.3 is 9.47 Å². The van der Waals surface area contributed by atoms with Gasteiger partial charge in [0.05, 0.1) is 12.5 Å². The molecule has 5 nitrogen and oxygen atoms in total. The van der Waals surface area contributed by atoms with Gasteiger partial charge in [0.15, 0.2) is 6.61 Å². The molecule has 0 spiro atoms.